The average Bonchev–Trinajstić information content (AvgIpc) is 2.96. The van der Waals surface area contributed by atoms with Crippen LogP contribution in [0.3, 0.4) is 0 Å². The number of benzene rings is 1. The molecular formula is C19H27NO. The molecule has 2 fully saturated rings. The molecule has 3 aliphatic rings. The van der Waals surface area contributed by atoms with Crippen LogP contribution in [0.5, 0.6) is 5.75 Å². The summed E-state index contributed by atoms with van der Waals surface area (Å²) in [5.41, 5.74) is 1.52. The van der Waals surface area contributed by atoms with Gasteiger partial charge in [0.1, 0.15) is 11.4 Å². The van der Waals surface area contributed by atoms with Crippen molar-refractivity contribution in [2.75, 3.05) is 0 Å². The van der Waals surface area contributed by atoms with Crippen LogP contribution in [0, 0.1) is 0 Å². The molecule has 2 aliphatic carbocycles. The lowest BCUT2D eigenvalue weighted by Gasteiger charge is -2.42. The van der Waals surface area contributed by atoms with Gasteiger partial charge in [-0.3, -0.25) is 0 Å². The Labute approximate surface area is 128 Å². The summed E-state index contributed by atoms with van der Waals surface area (Å²) >= 11 is 0. The Morgan fingerprint density at radius 1 is 0.952 bits per heavy atom. The zero-order valence-corrected chi connectivity index (χ0v) is 12.9. The molecule has 2 saturated carbocycles. The number of hydrogen-bond acceptors (Lipinski definition) is 2. The second-order valence-corrected chi connectivity index (χ2v) is 7.29. The van der Waals surface area contributed by atoms with Gasteiger partial charge < -0.3 is 10.1 Å². The Kier molecular flexibility index (Phi) is 3.66. The van der Waals surface area contributed by atoms with Crippen LogP contribution in [-0.4, -0.2) is 11.6 Å². The fourth-order valence-corrected chi connectivity index (χ4v) is 4.65. The van der Waals surface area contributed by atoms with Crippen molar-refractivity contribution in [2.24, 2.45) is 0 Å². The van der Waals surface area contributed by atoms with Crippen molar-refractivity contribution in [3.8, 4) is 5.75 Å². The highest BCUT2D eigenvalue weighted by Gasteiger charge is 2.43. The molecule has 0 aromatic heterocycles. The van der Waals surface area contributed by atoms with Crippen LogP contribution in [0.15, 0.2) is 24.3 Å². The number of nitrogens with one attached hydrogen (secondary N) is 1. The molecule has 0 saturated heterocycles. The zero-order valence-electron chi connectivity index (χ0n) is 12.9. The van der Waals surface area contributed by atoms with E-state index in [1.54, 1.807) is 0 Å². The molecule has 1 aromatic rings. The zero-order chi connectivity index (χ0) is 14.1. The summed E-state index contributed by atoms with van der Waals surface area (Å²) in [7, 11) is 0. The highest BCUT2D eigenvalue weighted by atomic mass is 16.5. The van der Waals surface area contributed by atoms with Crippen LogP contribution in [0.25, 0.3) is 0 Å². The largest absolute Gasteiger partial charge is 0.487 e. The quantitative estimate of drug-likeness (QED) is 0.847. The molecule has 21 heavy (non-hydrogen) atoms. The first-order chi connectivity index (χ1) is 10.3. The van der Waals surface area contributed by atoms with Crippen LogP contribution in [-0.2, 0) is 0 Å². The molecule has 1 unspecified atom stereocenters. The first-order valence-electron chi connectivity index (χ1n) is 8.89. The molecule has 1 spiro atoms. The van der Waals surface area contributed by atoms with Crippen molar-refractivity contribution in [2.45, 2.75) is 81.9 Å². The molecule has 2 heteroatoms. The molecule has 0 amide bonds. The summed E-state index contributed by atoms with van der Waals surface area (Å²) in [6.07, 6.45) is 13.2. The molecule has 4 rings (SSSR count). The van der Waals surface area contributed by atoms with Gasteiger partial charge in [0.25, 0.3) is 0 Å². The Hall–Kier alpha value is -1.02. The molecule has 0 bridgehead atoms. The van der Waals surface area contributed by atoms with Crippen LogP contribution in [0.4, 0.5) is 0 Å². The van der Waals surface area contributed by atoms with E-state index in [1.165, 1.54) is 69.8 Å². The molecule has 1 atom stereocenters. The lowest BCUT2D eigenvalue weighted by atomic mass is 9.84. The number of ether oxygens (including phenoxy) is 1. The Morgan fingerprint density at radius 3 is 2.52 bits per heavy atom. The van der Waals surface area contributed by atoms with E-state index in [0.29, 0.717) is 12.1 Å². The van der Waals surface area contributed by atoms with E-state index >= 15 is 0 Å². The van der Waals surface area contributed by atoms with Crippen LogP contribution >= 0.6 is 0 Å². The molecule has 1 heterocycles. The van der Waals surface area contributed by atoms with Gasteiger partial charge in [-0.05, 0) is 44.6 Å². The third kappa shape index (κ3) is 2.70. The van der Waals surface area contributed by atoms with E-state index in [1.807, 2.05) is 0 Å². The third-order valence-corrected chi connectivity index (χ3v) is 5.75. The van der Waals surface area contributed by atoms with E-state index in [0.717, 1.165) is 5.75 Å². The minimum Gasteiger partial charge on any atom is -0.487 e. The smallest absolute Gasteiger partial charge is 0.124 e. The van der Waals surface area contributed by atoms with Crippen molar-refractivity contribution in [3.05, 3.63) is 29.8 Å². The standard InChI is InChI=1S/C19H27NO/c1-2-8-15(9-3-1)20-17-14-19(12-6-7-13-19)21-18-11-5-4-10-16(17)18/h4-5,10-11,15,17,20H,1-3,6-9,12-14H2. The van der Waals surface area contributed by atoms with Crippen molar-refractivity contribution < 1.29 is 4.74 Å². The summed E-state index contributed by atoms with van der Waals surface area (Å²) in [5.74, 6) is 1.14. The SMILES string of the molecule is c1ccc2c(c1)OC1(CCCC1)CC2NC1CCCCC1. The molecule has 2 nitrogen and oxygen atoms in total. The monoisotopic (exact) mass is 285 g/mol. The number of fused-ring (bicyclic) bond motifs is 1. The highest BCUT2D eigenvalue weighted by Crippen LogP contribution is 2.47. The second-order valence-electron chi connectivity index (χ2n) is 7.29. The van der Waals surface area contributed by atoms with Crippen molar-refractivity contribution in [1.29, 1.82) is 0 Å². The van der Waals surface area contributed by atoms with Gasteiger partial charge in [-0.2, -0.15) is 0 Å². The normalized spacial score (nSPS) is 28.3. The predicted octanol–water partition coefficient (Wildman–Crippen LogP) is 4.75. The van der Waals surface area contributed by atoms with Gasteiger partial charge >= 0.3 is 0 Å². The Balaban J connectivity index is 1.58. The van der Waals surface area contributed by atoms with Crippen LogP contribution < -0.4 is 10.1 Å². The van der Waals surface area contributed by atoms with Gasteiger partial charge in [0, 0.05) is 24.1 Å². The minimum absolute atomic E-state index is 0.126. The average molecular weight is 285 g/mol. The maximum Gasteiger partial charge on any atom is 0.124 e. The first-order valence-corrected chi connectivity index (χ1v) is 8.89. The van der Waals surface area contributed by atoms with Gasteiger partial charge in [0.05, 0.1) is 0 Å². The van der Waals surface area contributed by atoms with Crippen LogP contribution in [0.2, 0.25) is 0 Å². The minimum atomic E-state index is 0.126. The Bertz CT molecular complexity index is 486. The number of rotatable bonds is 2. The summed E-state index contributed by atoms with van der Waals surface area (Å²) in [6.45, 7) is 0. The maximum atomic E-state index is 6.46. The second kappa shape index (κ2) is 5.64. The molecule has 114 valence electrons. The third-order valence-electron chi connectivity index (χ3n) is 5.75. The van der Waals surface area contributed by atoms with Crippen LogP contribution in [0.1, 0.15) is 75.8 Å². The van der Waals surface area contributed by atoms with Crippen molar-refractivity contribution >= 4 is 0 Å². The summed E-state index contributed by atoms with van der Waals surface area (Å²) < 4.78 is 6.46. The van der Waals surface area contributed by atoms with E-state index in [9.17, 15) is 0 Å². The Morgan fingerprint density at radius 2 is 1.71 bits per heavy atom. The van der Waals surface area contributed by atoms with Gasteiger partial charge in [-0.25, -0.2) is 0 Å². The predicted molar refractivity (Wildman–Crippen MR) is 85.6 cm³/mol. The highest BCUT2D eigenvalue weighted by molar-refractivity contribution is 5.39. The fourth-order valence-electron chi connectivity index (χ4n) is 4.65. The van der Waals surface area contributed by atoms with E-state index < -0.39 is 0 Å². The lowest BCUT2D eigenvalue weighted by Crippen LogP contribution is -2.45. The van der Waals surface area contributed by atoms with Gasteiger partial charge in [-0.15, -0.1) is 0 Å². The van der Waals surface area contributed by atoms with Crippen molar-refractivity contribution in [1.82, 2.24) is 5.32 Å². The number of hydrogen-bond donors (Lipinski definition) is 1. The van der Waals surface area contributed by atoms with Gasteiger partial charge in [0.2, 0.25) is 0 Å². The van der Waals surface area contributed by atoms with E-state index in [2.05, 4.69) is 29.6 Å². The maximum absolute atomic E-state index is 6.46. The van der Waals surface area contributed by atoms with Gasteiger partial charge in [0.15, 0.2) is 0 Å². The molecule has 1 N–H and O–H groups in total. The first kappa shape index (κ1) is 13.6. The summed E-state index contributed by atoms with van der Waals surface area (Å²) in [4.78, 5) is 0. The van der Waals surface area contributed by atoms with Gasteiger partial charge in [-0.1, -0.05) is 37.5 Å². The lowest BCUT2D eigenvalue weighted by molar-refractivity contribution is 0.0339. The molecule has 0 radical (unpaired) electrons. The van der Waals surface area contributed by atoms with E-state index in [-0.39, 0.29) is 5.60 Å². The molecule has 1 aliphatic heterocycles. The fraction of sp³-hybridized carbons (Fsp3) is 0.684. The van der Waals surface area contributed by atoms with E-state index in [4.69, 9.17) is 4.74 Å². The number of para-hydroxylation sites is 1. The molecule has 1 aromatic carbocycles. The molecular weight excluding hydrogens is 258 g/mol. The summed E-state index contributed by atoms with van der Waals surface area (Å²) in [6, 6.07) is 9.92. The summed E-state index contributed by atoms with van der Waals surface area (Å²) in [5, 5.41) is 3.99. The van der Waals surface area contributed by atoms with Crippen molar-refractivity contribution in [3.63, 3.8) is 0 Å². The topological polar surface area (TPSA) is 21.3 Å².